The van der Waals surface area contributed by atoms with Gasteiger partial charge in [-0.05, 0) is 37.8 Å². The number of hydrogen-bond acceptors (Lipinski definition) is 6. The second-order valence-corrected chi connectivity index (χ2v) is 6.85. The quantitative estimate of drug-likeness (QED) is 0.734. The van der Waals surface area contributed by atoms with Crippen molar-refractivity contribution < 1.29 is 14.3 Å². The summed E-state index contributed by atoms with van der Waals surface area (Å²) in [5, 5.41) is 4.12. The van der Waals surface area contributed by atoms with Gasteiger partial charge in [0.15, 0.2) is 0 Å². The number of benzene rings is 1. The Balaban J connectivity index is 1.31. The monoisotopic (exact) mass is 378 g/mol. The van der Waals surface area contributed by atoms with E-state index in [1.54, 1.807) is 25.6 Å². The highest BCUT2D eigenvalue weighted by Gasteiger charge is 2.24. The number of ether oxygens (including phenoxy) is 2. The van der Waals surface area contributed by atoms with Gasteiger partial charge < -0.3 is 14.8 Å². The first kappa shape index (κ1) is 18.2. The zero-order valence-corrected chi connectivity index (χ0v) is 15.7. The molecule has 1 saturated carbocycles. The Labute approximate surface area is 163 Å². The highest BCUT2D eigenvalue weighted by Crippen LogP contribution is 2.24. The number of nitrogens with zero attached hydrogens (tertiary/aromatic N) is 3. The number of fused-ring (bicyclic) bond motifs is 1. The molecule has 28 heavy (non-hydrogen) atoms. The van der Waals surface area contributed by atoms with Gasteiger partial charge in [-0.25, -0.2) is 4.98 Å². The Morgan fingerprint density at radius 1 is 1.00 bits per heavy atom. The molecule has 1 amide bonds. The van der Waals surface area contributed by atoms with Crippen molar-refractivity contribution in [3.05, 3.63) is 54.5 Å². The first-order chi connectivity index (χ1) is 13.7. The fourth-order valence-corrected chi connectivity index (χ4v) is 3.43. The van der Waals surface area contributed by atoms with Gasteiger partial charge >= 0.3 is 0 Å². The van der Waals surface area contributed by atoms with E-state index in [-0.39, 0.29) is 18.1 Å². The van der Waals surface area contributed by atoms with E-state index >= 15 is 0 Å². The van der Waals surface area contributed by atoms with Crippen LogP contribution < -0.4 is 14.8 Å². The minimum atomic E-state index is -0.131. The van der Waals surface area contributed by atoms with Gasteiger partial charge in [0.1, 0.15) is 11.8 Å². The summed E-state index contributed by atoms with van der Waals surface area (Å²) in [6, 6.07) is 11.6. The molecule has 1 fully saturated rings. The van der Waals surface area contributed by atoms with Gasteiger partial charge in [-0.1, -0.05) is 24.3 Å². The number of pyridine rings is 1. The summed E-state index contributed by atoms with van der Waals surface area (Å²) < 4.78 is 11.0. The maximum absolute atomic E-state index is 12.6. The molecular formula is C21H22N4O3. The van der Waals surface area contributed by atoms with Crippen LogP contribution in [0.25, 0.3) is 10.9 Å². The number of aromatic nitrogens is 3. The molecule has 4 rings (SSSR count). The van der Waals surface area contributed by atoms with Crippen LogP contribution >= 0.6 is 0 Å². The number of hydrogen-bond donors (Lipinski definition) is 1. The second kappa shape index (κ2) is 8.21. The molecule has 3 aromatic rings. The first-order valence-electron chi connectivity index (χ1n) is 9.40. The van der Waals surface area contributed by atoms with Gasteiger partial charge in [0.25, 0.3) is 5.91 Å². The predicted molar refractivity (Wildman–Crippen MR) is 104 cm³/mol. The number of amides is 1. The zero-order chi connectivity index (χ0) is 19.3. The van der Waals surface area contributed by atoms with E-state index in [1.165, 1.54) is 0 Å². The largest absolute Gasteiger partial charge is 0.480 e. The van der Waals surface area contributed by atoms with E-state index in [9.17, 15) is 4.79 Å². The number of carbonyl (C=O) groups is 1. The van der Waals surface area contributed by atoms with Crippen molar-refractivity contribution in [3.8, 4) is 11.8 Å². The standard InChI is InChI=1S/C21H22N4O3/c1-27-19-12-22-13-20(25-19)28-16-9-7-15(8-10-16)23-21(26)18-11-6-14-4-2-3-5-17(14)24-18/h2-6,11-13,15-16H,7-10H2,1H3,(H,23,26). The lowest BCUT2D eigenvalue weighted by molar-refractivity contribution is 0.0884. The third-order valence-corrected chi connectivity index (χ3v) is 4.93. The molecular weight excluding hydrogens is 356 g/mol. The van der Waals surface area contributed by atoms with E-state index in [1.807, 2.05) is 30.3 Å². The van der Waals surface area contributed by atoms with Gasteiger partial charge in [0.05, 0.1) is 25.0 Å². The average Bonchev–Trinajstić information content (AvgIpc) is 2.75. The van der Waals surface area contributed by atoms with Crippen LogP contribution in [0.1, 0.15) is 36.2 Å². The summed E-state index contributed by atoms with van der Waals surface area (Å²) in [5.74, 6) is 0.766. The van der Waals surface area contributed by atoms with E-state index < -0.39 is 0 Å². The fourth-order valence-electron chi connectivity index (χ4n) is 3.43. The van der Waals surface area contributed by atoms with Crippen molar-refractivity contribution >= 4 is 16.8 Å². The summed E-state index contributed by atoms with van der Waals surface area (Å²) >= 11 is 0. The number of nitrogens with one attached hydrogen (secondary N) is 1. The molecule has 7 nitrogen and oxygen atoms in total. The van der Waals surface area contributed by atoms with E-state index in [2.05, 4.69) is 20.3 Å². The Morgan fingerprint density at radius 2 is 1.79 bits per heavy atom. The van der Waals surface area contributed by atoms with Crippen LogP contribution in [0.4, 0.5) is 0 Å². The summed E-state index contributed by atoms with van der Waals surface area (Å²) in [5.41, 5.74) is 1.27. The lowest BCUT2D eigenvalue weighted by Crippen LogP contribution is -2.40. The second-order valence-electron chi connectivity index (χ2n) is 6.85. The molecule has 144 valence electrons. The van der Waals surface area contributed by atoms with Crippen LogP contribution in [0, 0.1) is 0 Å². The third kappa shape index (κ3) is 4.19. The average molecular weight is 378 g/mol. The lowest BCUT2D eigenvalue weighted by atomic mass is 9.93. The van der Waals surface area contributed by atoms with Crippen molar-refractivity contribution in [2.45, 2.75) is 37.8 Å². The first-order valence-corrected chi connectivity index (χ1v) is 9.40. The Hall–Kier alpha value is -3.22. The molecule has 7 heteroatoms. The minimum absolute atomic E-state index is 0.0633. The Morgan fingerprint density at radius 3 is 2.61 bits per heavy atom. The van der Waals surface area contributed by atoms with Crippen LogP contribution in [-0.4, -0.2) is 40.1 Å². The van der Waals surface area contributed by atoms with Crippen LogP contribution in [0.15, 0.2) is 48.8 Å². The highest BCUT2D eigenvalue weighted by molar-refractivity contribution is 5.95. The van der Waals surface area contributed by atoms with E-state index in [0.29, 0.717) is 17.5 Å². The summed E-state index contributed by atoms with van der Waals surface area (Å²) in [6.07, 6.45) is 6.57. The Bertz CT molecular complexity index is 971. The molecule has 0 bridgehead atoms. The topological polar surface area (TPSA) is 86.2 Å². The molecule has 1 aliphatic carbocycles. The molecule has 1 aliphatic rings. The normalized spacial score (nSPS) is 19.2. The molecule has 1 aromatic carbocycles. The van der Waals surface area contributed by atoms with Crippen molar-refractivity contribution in [1.82, 2.24) is 20.3 Å². The SMILES string of the molecule is COc1cncc(OC2CCC(NC(=O)c3ccc4ccccc4n3)CC2)n1. The highest BCUT2D eigenvalue weighted by atomic mass is 16.5. The van der Waals surface area contributed by atoms with Gasteiger partial charge in [-0.2, -0.15) is 4.98 Å². The number of methoxy groups -OCH3 is 1. The zero-order valence-electron chi connectivity index (χ0n) is 15.7. The minimum Gasteiger partial charge on any atom is -0.480 e. The van der Waals surface area contributed by atoms with Crippen molar-refractivity contribution in [1.29, 1.82) is 0 Å². The van der Waals surface area contributed by atoms with E-state index in [0.717, 1.165) is 36.6 Å². The van der Waals surface area contributed by atoms with Crippen molar-refractivity contribution in [2.24, 2.45) is 0 Å². The number of rotatable bonds is 5. The molecule has 1 N–H and O–H groups in total. The van der Waals surface area contributed by atoms with Crippen molar-refractivity contribution in [2.75, 3.05) is 7.11 Å². The number of carbonyl (C=O) groups excluding carboxylic acids is 1. The van der Waals surface area contributed by atoms with Crippen LogP contribution in [-0.2, 0) is 0 Å². The van der Waals surface area contributed by atoms with Crippen LogP contribution in [0.5, 0.6) is 11.8 Å². The fraction of sp³-hybridized carbons (Fsp3) is 0.333. The molecule has 2 aromatic heterocycles. The molecule has 0 aliphatic heterocycles. The van der Waals surface area contributed by atoms with Gasteiger partial charge in [-0.3, -0.25) is 9.78 Å². The smallest absolute Gasteiger partial charge is 0.270 e. The van der Waals surface area contributed by atoms with Crippen molar-refractivity contribution in [3.63, 3.8) is 0 Å². The molecule has 0 unspecified atom stereocenters. The third-order valence-electron chi connectivity index (χ3n) is 4.93. The maximum Gasteiger partial charge on any atom is 0.270 e. The number of para-hydroxylation sites is 1. The maximum atomic E-state index is 12.6. The van der Waals surface area contributed by atoms with Gasteiger partial charge in [-0.15, -0.1) is 0 Å². The Kier molecular flexibility index (Phi) is 5.32. The summed E-state index contributed by atoms with van der Waals surface area (Å²) in [7, 11) is 1.55. The lowest BCUT2D eigenvalue weighted by Gasteiger charge is -2.29. The predicted octanol–water partition coefficient (Wildman–Crippen LogP) is 3.15. The van der Waals surface area contributed by atoms with Crippen LogP contribution in [0.2, 0.25) is 0 Å². The molecule has 0 atom stereocenters. The van der Waals surface area contributed by atoms with Gasteiger partial charge in [0, 0.05) is 11.4 Å². The van der Waals surface area contributed by atoms with Gasteiger partial charge in [0.2, 0.25) is 11.8 Å². The van der Waals surface area contributed by atoms with Crippen LogP contribution in [0.3, 0.4) is 0 Å². The summed E-state index contributed by atoms with van der Waals surface area (Å²) in [4.78, 5) is 25.3. The molecule has 2 heterocycles. The molecule has 0 saturated heterocycles. The molecule has 0 spiro atoms. The van der Waals surface area contributed by atoms with E-state index in [4.69, 9.17) is 9.47 Å². The molecule has 0 radical (unpaired) electrons. The summed E-state index contributed by atoms with van der Waals surface area (Å²) in [6.45, 7) is 0.